The number of carbonyl (C=O) groups is 1. The van der Waals surface area contributed by atoms with E-state index in [1.54, 1.807) is 0 Å². The minimum Gasteiger partial charge on any atom is -0.461 e. The van der Waals surface area contributed by atoms with Crippen molar-refractivity contribution in [1.29, 1.82) is 0 Å². The van der Waals surface area contributed by atoms with Crippen molar-refractivity contribution in [2.75, 3.05) is 6.54 Å². The summed E-state index contributed by atoms with van der Waals surface area (Å²) in [6.45, 7) is 4.68. The van der Waals surface area contributed by atoms with Gasteiger partial charge in [0.25, 0.3) is 0 Å². The van der Waals surface area contributed by atoms with Gasteiger partial charge in [-0.1, -0.05) is 23.7 Å². The van der Waals surface area contributed by atoms with Gasteiger partial charge in [-0.25, -0.2) is 0 Å². The molecule has 0 bridgehead atoms. The number of hydrogen-bond donors (Lipinski definition) is 1. The van der Waals surface area contributed by atoms with E-state index in [0.29, 0.717) is 19.5 Å². The molecule has 3 rings (SSSR count). The fraction of sp³-hybridized carbons (Fsp3) is 0.438. The number of nitrogens with zero attached hydrogens (tertiary/aromatic N) is 3. The van der Waals surface area contributed by atoms with Gasteiger partial charge in [0, 0.05) is 24.9 Å². The van der Waals surface area contributed by atoms with Crippen LogP contribution in [0.5, 0.6) is 0 Å². The zero-order valence-corrected chi connectivity index (χ0v) is 15.1. The Hall–Kier alpha value is -1.63. The lowest BCUT2D eigenvalue weighted by Gasteiger charge is -2.14. The van der Waals surface area contributed by atoms with Crippen molar-refractivity contribution in [3.05, 3.63) is 46.5 Å². The number of ether oxygens (including phenoxy) is 1. The van der Waals surface area contributed by atoms with Crippen LogP contribution in [0.4, 0.5) is 0 Å². The second kappa shape index (κ2) is 7.96. The number of halogens is 2. The third-order valence-corrected chi connectivity index (χ3v) is 4.21. The van der Waals surface area contributed by atoms with Crippen molar-refractivity contribution in [2.24, 2.45) is 0 Å². The molecule has 24 heavy (non-hydrogen) atoms. The predicted molar refractivity (Wildman–Crippen MR) is 93.5 cm³/mol. The lowest BCUT2D eigenvalue weighted by molar-refractivity contribution is -0.145. The van der Waals surface area contributed by atoms with E-state index in [-0.39, 0.29) is 30.5 Å². The van der Waals surface area contributed by atoms with Gasteiger partial charge in [0.05, 0.1) is 12.6 Å². The quantitative estimate of drug-likeness (QED) is 0.837. The molecule has 0 unspecified atom stereocenters. The largest absolute Gasteiger partial charge is 0.461 e. The van der Waals surface area contributed by atoms with Gasteiger partial charge < -0.3 is 14.6 Å². The number of nitrogens with one attached hydrogen (secondary N) is 1. The van der Waals surface area contributed by atoms with E-state index in [1.807, 2.05) is 31.2 Å². The molecule has 0 spiro atoms. The standard InChI is InChI=1S/C16H19ClN4O2.ClH/c1-10-19-20-16(15-7-14(8-18-15)23-11(2)22)21(10)9-12-3-5-13(17)6-4-12;/h3-6,14-15,18H,7-9H2,1-2H3;1H/t14-,15-;/m1./s1. The maximum Gasteiger partial charge on any atom is 0.302 e. The summed E-state index contributed by atoms with van der Waals surface area (Å²) in [5.41, 5.74) is 1.13. The van der Waals surface area contributed by atoms with E-state index >= 15 is 0 Å². The number of benzene rings is 1. The summed E-state index contributed by atoms with van der Waals surface area (Å²) >= 11 is 5.93. The summed E-state index contributed by atoms with van der Waals surface area (Å²) in [6, 6.07) is 7.78. The third kappa shape index (κ3) is 4.26. The maximum atomic E-state index is 11.1. The van der Waals surface area contributed by atoms with Gasteiger partial charge in [-0.2, -0.15) is 0 Å². The first kappa shape index (κ1) is 18.7. The highest BCUT2D eigenvalue weighted by Crippen LogP contribution is 2.25. The SMILES string of the molecule is CC(=O)O[C@H]1CN[C@@H](c2nnc(C)n2Cc2ccc(Cl)cc2)C1.Cl. The van der Waals surface area contributed by atoms with Gasteiger partial charge in [-0.05, 0) is 24.6 Å². The number of esters is 1. The van der Waals surface area contributed by atoms with Crippen molar-refractivity contribution >= 4 is 30.0 Å². The van der Waals surface area contributed by atoms with Gasteiger partial charge in [0.15, 0.2) is 5.82 Å². The lowest BCUT2D eigenvalue weighted by atomic mass is 10.1. The number of aromatic nitrogens is 3. The number of rotatable bonds is 4. The molecule has 6 nitrogen and oxygen atoms in total. The zero-order chi connectivity index (χ0) is 16.4. The molecule has 0 aliphatic carbocycles. The van der Waals surface area contributed by atoms with E-state index in [1.165, 1.54) is 6.92 Å². The number of hydrogen-bond acceptors (Lipinski definition) is 5. The van der Waals surface area contributed by atoms with Gasteiger partial charge >= 0.3 is 5.97 Å². The van der Waals surface area contributed by atoms with Crippen LogP contribution in [0.2, 0.25) is 5.02 Å². The fourth-order valence-corrected chi connectivity index (χ4v) is 2.97. The van der Waals surface area contributed by atoms with Crippen LogP contribution in [0.1, 0.15) is 36.6 Å². The number of aryl methyl sites for hydroxylation is 1. The average molecular weight is 371 g/mol. The summed E-state index contributed by atoms with van der Waals surface area (Å²) < 4.78 is 7.35. The predicted octanol–water partition coefficient (Wildman–Crippen LogP) is 2.68. The summed E-state index contributed by atoms with van der Waals surface area (Å²) in [6.07, 6.45) is 0.594. The molecule has 1 saturated heterocycles. The molecule has 0 amide bonds. The van der Waals surface area contributed by atoms with Crippen LogP contribution in [-0.4, -0.2) is 33.4 Å². The van der Waals surface area contributed by atoms with Crippen LogP contribution in [0.15, 0.2) is 24.3 Å². The monoisotopic (exact) mass is 370 g/mol. The first-order valence-corrected chi connectivity index (χ1v) is 7.95. The molecule has 1 fully saturated rings. The Balaban J connectivity index is 0.00000208. The summed E-state index contributed by atoms with van der Waals surface area (Å²) in [5, 5.41) is 12.6. The first-order valence-electron chi connectivity index (χ1n) is 7.57. The molecular formula is C16H20Cl2N4O2. The first-order chi connectivity index (χ1) is 11.0. The Morgan fingerprint density at radius 3 is 2.75 bits per heavy atom. The van der Waals surface area contributed by atoms with Crippen LogP contribution < -0.4 is 5.32 Å². The molecule has 2 aromatic rings. The Bertz CT molecular complexity index is 703. The molecule has 0 saturated carbocycles. The van der Waals surface area contributed by atoms with Gasteiger partial charge in [0.2, 0.25) is 0 Å². The van der Waals surface area contributed by atoms with Crippen molar-refractivity contribution in [3.8, 4) is 0 Å². The van der Waals surface area contributed by atoms with Crippen LogP contribution in [0, 0.1) is 6.92 Å². The Morgan fingerprint density at radius 2 is 2.08 bits per heavy atom. The van der Waals surface area contributed by atoms with Crippen LogP contribution in [0.3, 0.4) is 0 Å². The highest BCUT2D eigenvalue weighted by molar-refractivity contribution is 6.30. The molecule has 1 N–H and O–H groups in total. The maximum absolute atomic E-state index is 11.1. The van der Waals surface area contributed by atoms with Crippen molar-refractivity contribution in [2.45, 2.75) is 39.0 Å². The molecule has 1 aromatic carbocycles. The van der Waals surface area contributed by atoms with Crippen molar-refractivity contribution in [1.82, 2.24) is 20.1 Å². The van der Waals surface area contributed by atoms with Crippen LogP contribution >= 0.6 is 24.0 Å². The third-order valence-electron chi connectivity index (χ3n) is 3.95. The van der Waals surface area contributed by atoms with E-state index in [9.17, 15) is 4.79 Å². The average Bonchev–Trinajstić information content (AvgIpc) is 3.09. The van der Waals surface area contributed by atoms with E-state index < -0.39 is 0 Å². The molecule has 130 valence electrons. The topological polar surface area (TPSA) is 69.0 Å². The second-order valence-corrected chi connectivity index (χ2v) is 6.18. The van der Waals surface area contributed by atoms with Gasteiger partial charge in [-0.15, -0.1) is 22.6 Å². The minimum absolute atomic E-state index is 0. The highest BCUT2D eigenvalue weighted by atomic mass is 35.5. The molecule has 0 radical (unpaired) electrons. The molecular weight excluding hydrogens is 351 g/mol. The Labute approximate surface area is 152 Å². The van der Waals surface area contributed by atoms with Crippen molar-refractivity contribution < 1.29 is 9.53 Å². The molecule has 8 heteroatoms. The highest BCUT2D eigenvalue weighted by Gasteiger charge is 2.31. The fourth-order valence-electron chi connectivity index (χ4n) is 2.85. The zero-order valence-electron chi connectivity index (χ0n) is 13.5. The lowest BCUT2D eigenvalue weighted by Crippen LogP contribution is -2.20. The van der Waals surface area contributed by atoms with E-state index in [4.69, 9.17) is 16.3 Å². The normalized spacial score (nSPS) is 19.8. The smallest absolute Gasteiger partial charge is 0.302 e. The molecule has 2 heterocycles. The Morgan fingerprint density at radius 1 is 1.38 bits per heavy atom. The summed E-state index contributed by atoms with van der Waals surface area (Å²) in [5.74, 6) is 1.47. The van der Waals surface area contributed by atoms with Crippen LogP contribution in [0.25, 0.3) is 0 Å². The minimum atomic E-state index is -0.253. The van der Waals surface area contributed by atoms with E-state index in [0.717, 1.165) is 22.2 Å². The molecule has 1 aromatic heterocycles. The van der Waals surface area contributed by atoms with Gasteiger partial charge in [0.1, 0.15) is 11.9 Å². The van der Waals surface area contributed by atoms with Crippen LogP contribution in [-0.2, 0) is 16.1 Å². The number of carbonyl (C=O) groups excluding carboxylic acids is 1. The second-order valence-electron chi connectivity index (χ2n) is 5.75. The summed E-state index contributed by atoms with van der Waals surface area (Å²) in [7, 11) is 0. The summed E-state index contributed by atoms with van der Waals surface area (Å²) in [4.78, 5) is 11.1. The van der Waals surface area contributed by atoms with Crippen molar-refractivity contribution in [3.63, 3.8) is 0 Å². The Kier molecular flexibility index (Phi) is 6.21. The molecule has 1 aliphatic rings. The van der Waals surface area contributed by atoms with E-state index in [2.05, 4.69) is 20.1 Å². The molecule has 1 aliphatic heterocycles. The van der Waals surface area contributed by atoms with Gasteiger partial charge in [-0.3, -0.25) is 4.79 Å². The molecule has 2 atom stereocenters.